The summed E-state index contributed by atoms with van der Waals surface area (Å²) in [5.74, 6) is -0.577. The normalized spacial score (nSPS) is 40.2. The van der Waals surface area contributed by atoms with Gasteiger partial charge in [0.05, 0.1) is 17.4 Å². The first-order valence-corrected chi connectivity index (χ1v) is 6.99. The third-order valence-corrected chi connectivity index (χ3v) is 4.70. The second kappa shape index (κ2) is 4.20. The summed E-state index contributed by atoms with van der Waals surface area (Å²) < 4.78 is 16.7. The van der Waals surface area contributed by atoms with E-state index in [4.69, 9.17) is 14.2 Å². The number of carbonyl (C=O) groups excluding carboxylic acids is 2. The number of carbonyl (C=O) groups is 2. The van der Waals surface area contributed by atoms with E-state index < -0.39 is 11.5 Å². The molecule has 0 aromatic carbocycles. The molecule has 0 N–H and O–H groups in total. The Hall–Kier alpha value is -1.10. The van der Waals surface area contributed by atoms with Gasteiger partial charge in [-0.1, -0.05) is 6.92 Å². The Kier molecular flexibility index (Phi) is 2.85. The molecule has 3 aliphatic heterocycles. The Balaban J connectivity index is 1.73. The molecule has 3 rings (SSSR count). The van der Waals surface area contributed by atoms with Gasteiger partial charge < -0.3 is 14.2 Å². The van der Waals surface area contributed by atoms with Crippen molar-refractivity contribution in [2.75, 3.05) is 0 Å². The maximum absolute atomic E-state index is 12.2. The first-order valence-electron chi connectivity index (χ1n) is 6.99. The molecule has 3 saturated heterocycles. The molecule has 3 aliphatic rings. The van der Waals surface area contributed by atoms with E-state index in [0.717, 1.165) is 6.42 Å². The van der Waals surface area contributed by atoms with Crippen molar-refractivity contribution in [3.63, 3.8) is 0 Å². The van der Waals surface area contributed by atoms with Crippen molar-refractivity contribution in [2.24, 2.45) is 11.3 Å². The second-order valence-corrected chi connectivity index (χ2v) is 6.38. The highest BCUT2D eigenvalue weighted by Crippen LogP contribution is 2.45. The van der Waals surface area contributed by atoms with Gasteiger partial charge in [-0.3, -0.25) is 9.59 Å². The van der Waals surface area contributed by atoms with Gasteiger partial charge >= 0.3 is 11.9 Å². The van der Waals surface area contributed by atoms with Gasteiger partial charge in [0.25, 0.3) is 0 Å². The van der Waals surface area contributed by atoms with Crippen molar-refractivity contribution in [3.05, 3.63) is 0 Å². The van der Waals surface area contributed by atoms with Gasteiger partial charge in [-0.2, -0.15) is 0 Å². The molecule has 3 heterocycles. The molecule has 0 spiro atoms. The van der Waals surface area contributed by atoms with E-state index in [0.29, 0.717) is 12.8 Å². The second-order valence-electron chi connectivity index (χ2n) is 6.38. The van der Waals surface area contributed by atoms with Crippen molar-refractivity contribution in [1.29, 1.82) is 0 Å². The number of esters is 2. The third-order valence-electron chi connectivity index (χ3n) is 4.70. The summed E-state index contributed by atoms with van der Waals surface area (Å²) in [5.41, 5.74) is -0.501. The lowest BCUT2D eigenvalue weighted by molar-refractivity contribution is -0.188. The van der Waals surface area contributed by atoms with Crippen molar-refractivity contribution in [1.82, 2.24) is 0 Å². The van der Waals surface area contributed by atoms with E-state index >= 15 is 0 Å². The van der Waals surface area contributed by atoms with Crippen molar-refractivity contribution >= 4 is 11.9 Å². The minimum Gasteiger partial charge on any atom is -0.458 e. The van der Waals surface area contributed by atoms with Crippen LogP contribution >= 0.6 is 0 Å². The molecule has 5 nitrogen and oxygen atoms in total. The Morgan fingerprint density at radius 3 is 2.79 bits per heavy atom. The fraction of sp³-hybridized carbons (Fsp3) is 0.857. The van der Waals surface area contributed by atoms with E-state index in [1.54, 1.807) is 0 Å². The Morgan fingerprint density at radius 2 is 2.11 bits per heavy atom. The fourth-order valence-corrected chi connectivity index (χ4v) is 3.00. The van der Waals surface area contributed by atoms with Crippen molar-refractivity contribution < 1.29 is 23.8 Å². The van der Waals surface area contributed by atoms with Gasteiger partial charge in [-0.25, -0.2) is 0 Å². The monoisotopic (exact) mass is 268 g/mol. The smallest absolute Gasteiger partial charge is 0.312 e. The molecule has 19 heavy (non-hydrogen) atoms. The molecular formula is C14H20O5. The Bertz CT molecular complexity index is 416. The van der Waals surface area contributed by atoms with Crippen LogP contribution in [-0.2, 0) is 23.8 Å². The number of ether oxygens (including phenoxy) is 3. The van der Waals surface area contributed by atoms with Gasteiger partial charge in [0.1, 0.15) is 12.2 Å². The topological polar surface area (TPSA) is 61.8 Å². The van der Waals surface area contributed by atoms with Gasteiger partial charge in [-0.15, -0.1) is 0 Å². The van der Waals surface area contributed by atoms with Crippen LogP contribution in [0.2, 0.25) is 0 Å². The molecule has 0 amide bonds. The summed E-state index contributed by atoms with van der Waals surface area (Å²) in [6.45, 7) is 5.69. The average Bonchev–Trinajstić information content (AvgIpc) is 2.85. The molecule has 106 valence electrons. The predicted molar refractivity (Wildman–Crippen MR) is 65.2 cm³/mol. The van der Waals surface area contributed by atoms with Crippen LogP contribution in [0.5, 0.6) is 0 Å². The summed E-state index contributed by atoms with van der Waals surface area (Å²) in [6.07, 6.45) is 1.11. The third kappa shape index (κ3) is 1.95. The highest BCUT2D eigenvalue weighted by Gasteiger charge is 2.59. The van der Waals surface area contributed by atoms with E-state index in [-0.39, 0.29) is 36.2 Å². The average molecular weight is 268 g/mol. The quantitative estimate of drug-likeness (QED) is 0.725. The van der Waals surface area contributed by atoms with E-state index in [1.807, 2.05) is 20.8 Å². The molecule has 0 saturated carbocycles. The number of hydrogen-bond acceptors (Lipinski definition) is 5. The minimum atomic E-state index is -0.501. The van der Waals surface area contributed by atoms with Crippen LogP contribution < -0.4 is 0 Å². The Labute approximate surface area is 112 Å². The van der Waals surface area contributed by atoms with E-state index in [1.165, 1.54) is 0 Å². The zero-order valence-corrected chi connectivity index (χ0v) is 11.5. The van der Waals surface area contributed by atoms with Crippen LogP contribution in [-0.4, -0.2) is 36.4 Å². The molecule has 5 heteroatoms. The molecule has 0 radical (unpaired) electrons. The lowest BCUT2D eigenvalue weighted by Gasteiger charge is -2.34. The van der Waals surface area contributed by atoms with Crippen LogP contribution in [0.3, 0.4) is 0 Å². The summed E-state index contributed by atoms with van der Waals surface area (Å²) in [4.78, 5) is 23.8. The van der Waals surface area contributed by atoms with Crippen LogP contribution in [0.4, 0.5) is 0 Å². The first-order chi connectivity index (χ1) is 8.92. The predicted octanol–water partition coefficient (Wildman–Crippen LogP) is 1.44. The minimum absolute atomic E-state index is 0.0293. The molecule has 3 fully saturated rings. The van der Waals surface area contributed by atoms with Crippen LogP contribution in [0, 0.1) is 11.3 Å². The first kappa shape index (κ1) is 12.9. The van der Waals surface area contributed by atoms with Crippen molar-refractivity contribution in [2.45, 2.75) is 64.4 Å². The summed E-state index contributed by atoms with van der Waals surface area (Å²) in [5, 5.41) is 0. The number of fused-ring (bicyclic) bond motifs is 1. The summed E-state index contributed by atoms with van der Waals surface area (Å²) >= 11 is 0. The zero-order valence-electron chi connectivity index (χ0n) is 11.5. The fourth-order valence-electron chi connectivity index (χ4n) is 3.00. The lowest BCUT2D eigenvalue weighted by Crippen LogP contribution is -2.46. The molecule has 0 aromatic heterocycles. The van der Waals surface area contributed by atoms with E-state index in [9.17, 15) is 9.59 Å². The number of hydrogen-bond donors (Lipinski definition) is 0. The van der Waals surface area contributed by atoms with Crippen LogP contribution in [0.25, 0.3) is 0 Å². The number of rotatable bonds is 3. The maximum atomic E-state index is 12.2. The molecule has 0 aromatic rings. The van der Waals surface area contributed by atoms with Gasteiger partial charge in [0.15, 0.2) is 6.10 Å². The van der Waals surface area contributed by atoms with Gasteiger partial charge in [-0.05, 0) is 26.7 Å². The van der Waals surface area contributed by atoms with Gasteiger partial charge in [0, 0.05) is 6.42 Å². The Morgan fingerprint density at radius 1 is 1.37 bits per heavy atom. The standard InChI is InChI=1S/C14H20O5/c1-4-14(2,3)13(16)18-9-6-7-5-8-10(17-7)11(9)19-12(8)15/h7-11H,4-6H2,1-3H3. The molecule has 2 bridgehead atoms. The van der Waals surface area contributed by atoms with Gasteiger partial charge in [0.2, 0.25) is 0 Å². The zero-order chi connectivity index (χ0) is 13.8. The molecular weight excluding hydrogens is 248 g/mol. The molecule has 0 aliphatic carbocycles. The van der Waals surface area contributed by atoms with E-state index in [2.05, 4.69) is 0 Å². The van der Waals surface area contributed by atoms with Crippen LogP contribution in [0.1, 0.15) is 40.0 Å². The van der Waals surface area contributed by atoms with Crippen molar-refractivity contribution in [3.8, 4) is 0 Å². The molecule has 5 atom stereocenters. The largest absolute Gasteiger partial charge is 0.458 e. The highest BCUT2D eigenvalue weighted by molar-refractivity contribution is 5.78. The highest BCUT2D eigenvalue weighted by atomic mass is 16.6. The van der Waals surface area contributed by atoms with Crippen LogP contribution in [0.15, 0.2) is 0 Å². The SMILES string of the molecule is CCC(C)(C)C(=O)OC1CC2CC3C(=O)OC1C3O2. The summed E-state index contributed by atoms with van der Waals surface area (Å²) in [7, 11) is 0. The molecule has 5 unspecified atom stereocenters. The lowest BCUT2D eigenvalue weighted by atomic mass is 9.90. The summed E-state index contributed by atoms with van der Waals surface area (Å²) in [6, 6.07) is 0. The maximum Gasteiger partial charge on any atom is 0.312 e.